The first kappa shape index (κ1) is 14.3. The lowest BCUT2D eigenvalue weighted by atomic mass is 10.1. The highest BCUT2D eigenvalue weighted by molar-refractivity contribution is 5.79. The summed E-state index contributed by atoms with van der Waals surface area (Å²) in [5, 5.41) is 0. The Balaban J connectivity index is 1.42. The van der Waals surface area contributed by atoms with E-state index < -0.39 is 0 Å². The third-order valence-corrected chi connectivity index (χ3v) is 5.05. The second kappa shape index (κ2) is 6.41. The molecule has 0 spiro atoms. The van der Waals surface area contributed by atoms with Gasteiger partial charge in [0, 0.05) is 51.3 Å². The fourth-order valence-corrected chi connectivity index (χ4v) is 3.74. The number of nitrogens with two attached hydrogens (primary N) is 1. The average Bonchev–Trinajstić information content (AvgIpc) is 3.10. The second-order valence-electron chi connectivity index (χ2n) is 6.63. The summed E-state index contributed by atoms with van der Waals surface area (Å²) in [5.41, 5.74) is 5.92. The number of hydrogen-bond acceptors (Lipinski definition) is 4. The van der Waals surface area contributed by atoms with E-state index in [1.165, 1.54) is 6.42 Å². The Morgan fingerprint density at radius 2 is 1.95 bits per heavy atom. The molecule has 0 radical (unpaired) electrons. The number of amides is 1. The molecule has 2 heterocycles. The third kappa shape index (κ3) is 3.32. The van der Waals surface area contributed by atoms with Gasteiger partial charge in [0.1, 0.15) is 0 Å². The summed E-state index contributed by atoms with van der Waals surface area (Å²) in [5.74, 6) is 1.24. The molecule has 0 aromatic rings. The Kier molecular flexibility index (Phi) is 4.58. The monoisotopic (exact) mass is 281 g/mol. The number of ether oxygens (including phenoxy) is 1. The number of nitrogens with zero attached hydrogens (tertiary/aromatic N) is 2. The first-order chi connectivity index (χ1) is 9.72. The summed E-state index contributed by atoms with van der Waals surface area (Å²) in [6, 6.07) is 0.243. The lowest BCUT2D eigenvalue weighted by Gasteiger charge is -2.36. The van der Waals surface area contributed by atoms with Gasteiger partial charge in [-0.2, -0.15) is 0 Å². The maximum Gasteiger partial charge on any atom is 0.225 e. The van der Waals surface area contributed by atoms with Crippen LogP contribution in [0.4, 0.5) is 0 Å². The Hall–Kier alpha value is -0.650. The zero-order chi connectivity index (χ0) is 13.9. The van der Waals surface area contributed by atoms with E-state index >= 15 is 0 Å². The van der Waals surface area contributed by atoms with Crippen molar-refractivity contribution in [2.75, 3.05) is 45.9 Å². The fourth-order valence-electron chi connectivity index (χ4n) is 3.74. The predicted octanol–water partition coefficient (Wildman–Crippen LogP) is 0.295. The normalized spacial score (nSPS) is 35.6. The van der Waals surface area contributed by atoms with Gasteiger partial charge < -0.3 is 15.4 Å². The van der Waals surface area contributed by atoms with Crippen LogP contribution in [0.15, 0.2) is 0 Å². The van der Waals surface area contributed by atoms with Crippen LogP contribution in [0.5, 0.6) is 0 Å². The Morgan fingerprint density at radius 3 is 2.55 bits per heavy atom. The van der Waals surface area contributed by atoms with Crippen molar-refractivity contribution >= 4 is 5.91 Å². The number of piperazine rings is 1. The lowest BCUT2D eigenvalue weighted by Crippen LogP contribution is -2.51. The highest BCUT2D eigenvalue weighted by Gasteiger charge is 2.32. The van der Waals surface area contributed by atoms with E-state index in [2.05, 4.69) is 9.80 Å². The highest BCUT2D eigenvalue weighted by atomic mass is 16.5. The highest BCUT2D eigenvalue weighted by Crippen LogP contribution is 2.26. The minimum Gasteiger partial charge on any atom is -0.381 e. The molecule has 3 atom stereocenters. The summed E-state index contributed by atoms with van der Waals surface area (Å²) >= 11 is 0. The molecule has 3 fully saturated rings. The van der Waals surface area contributed by atoms with Gasteiger partial charge >= 0.3 is 0 Å². The second-order valence-corrected chi connectivity index (χ2v) is 6.63. The molecule has 0 aromatic heterocycles. The maximum atomic E-state index is 12.4. The van der Waals surface area contributed by atoms with Crippen molar-refractivity contribution in [3.05, 3.63) is 0 Å². The molecule has 5 nitrogen and oxygen atoms in total. The SMILES string of the molecule is NC1CCC(C(=O)N2CCN(CC3CCOC3)CC2)C1. The van der Waals surface area contributed by atoms with Crippen LogP contribution >= 0.6 is 0 Å². The first-order valence-electron chi connectivity index (χ1n) is 8.07. The summed E-state index contributed by atoms with van der Waals surface area (Å²) in [6.07, 6.45) is 4.08. The molecule has 2 saturated heterocycles. The summed E-state index contributed by atoms with van der Waals surface area (Å²) in [4.78, 5) is 17.0. The first-order valence-corrected chi connectivity index (χ1v) is 8.07. The standard InChI is InChI=1S/C15H27N3O2/c16-14-2-1-13(9-14)15(19)18-6-4-17(5-7-18)10-12-3-8-20-11-12/h12-14H,1-11,16H2. The van der Waals surface area contributed by atoms with Gasteiger partial charge in [0.2, 0.25) is 5.91 Å². The molecular weight excluding hydrogens is 254 g/mol. The minimum atomic E-state index is 0.194. The van der Waals surface area contributed by atoms with Crippen molar-refractivity contribution < 1.29 is 9.53 Å². The fraction of sp³-hybridized carbons (Fsp3) is 0.933. The number of rotatable bonds is 3. The molecule has 1 amide bonds. The molecule has 3 rings (SSSR count). The van der Waals surface area contributed by atoms with Crippen molar-refractivity contribution in [2.45, 2.75) is 31.7 Å². The van der Waals surface area contributed by atoms with Crippen LogP contribution in [0.3, 0.4) is 0 Å². The van der Waals surface area contributed by atoms with Crippen molar-refractivity contribution in [1.29, 1.82) is 0 Å². The van der Waals surface area contributed by atoms with Crippen LogP contribution in [0, 0.1) is 11.8 Å². The van der Waals surface area contributed by atoms with Gasteiger partial charge in [-0.05, 0) is 31.6 Å². The lowest BCUT2D eigenvalue weighted by molar-refractivity contribution is -0.137. The van der Waals surface area contributed by atoms with Gasteiger partial charge in [-0.1, -0.05) is 0 Å². The molecule has 0 aromatic carbocycles. The number of hydrogen-bond donors (Lipinski definition) is 1. The Labute approximate surface area is 121 Å². The van der Waals surface area contributed by atoms with Crippen LogP contribution in [-0.4, -0.2) is 67.7 Å². The van der Waals surface area contributed by atoms with Gasteiger partial charge in [-0.25, -0.2) is 0 Å². The Morgan fingerprint density at radius 1 is 1.15 bits per heavy atom. The Bertz CT molecular complexity index is 336. The van der Waals surface area contributed by atoms with E-state index in [-0.39, 0.29) is 12.0 Å². The summed E-state index contributed by atoms with van der Waals surface area (Å²) in [7, 11) is 0. The largest absolute Gasteiger partial charge is 0.381 e. The zero-order valence-corrected chi connectivity index (χ0v) is 12.3. The molecule has 1 aliphatic carbocycles. The van der Waals surface area contributed by atoms with Crippen LogP contribution in [0.1, 0.15) is 25.7 Å². The van der Waals surface area contributed by atoms with Crippen molar-refractivity contribution in [1.82, 2.24) is 9.80 Å². The number of carbonyl (C=O) groups is 1. The van der Waals surface area contributed by atoms with Gasteiger partial charge in [-0.15, -0.1) is 0 Å². The van der Waals surface area contributed by atoms with Crippen LogP contribution < -0.4 is 5.73 Å². The molecule has 5 heteroatoms. The average molecular weight is 281 g/mol. The van der Waals surface area contributed by atoms with E-state index in [1.807, 2.05) is 0 Å². The predicted molar refractivity (Wildman–Crippen MR) is 77.3 cm³/mol. The molecular formula is C15H27N3O2. The smallest absolute Gasteiger partial charge is 0.225 e. The van der Waals surface area contributed by atoms with E-state index in [1.54, 1.807) is 0 Å². The molecule has 3 aliphatic rings. The summed E-state index contributed by atoms with van der Waals surface area (Å²) < 4.78 is 5.43. The maximum absolute atomic E-state index is 12.4. The van der Waals surface area contributed by atoms with Gasteiger partial charge in [-0.3, -0.25) is 9.69 Å². The molecule has 2 aliphatic heterocycles. The van der Waals surface area contributed by atoms with E-state index in [4.69, 9.17) is 10.5 Å². The van der Waals surface area contributed by atoms with Crippen LogP contribution in [-0.2, 0) is 9.53 Å². The van der Waals surface area contributed by atoms with E-state index in [0.29, 0.717) is 11.8 Å². The third-order valence-electron chi connectivity index (χ3n) is 5.05. The quantitative estimate of drug-likeness (QED) is 0.808. The molecule has 2 N–H and O–H groups in total. The van der Waals surface area contributed by atoms with Gasteiger partial charge in [0.05, 0.1) is 6.61 Å². The summed E-state index contributed by atoms with van der Waals surface area (Å²) in [6.45, 7) is 6.78. The molecule has 20 heavy (non-hydrogen) atoms. The van der Waals surface area contributed by atoms with Gasteiger partial charge in [0.15, 0.2) is 0 Å². The van der Waals surface area contributed by atoms with Crippen LogP contribution in [0.25, 0.3) is 0 Å². The van der Waals surface area contributed by atoms with Crippen molar-refractivity contribution in [3.63, 3.8) is 0 Å². The van der Waals surface area contributed by atoms with E-state index in [9.17, 15) is 4.79 Å². The zero-order valence-electron chi connectivity index (χ0n) is 12.3. The van der Waals surface area contributed by atoms with Crippen molar-refractivity contribution in [2.24, 2.45) is 17.6 Å². The van der Waals surface area contributed by atoms with Crippen LogP contribution in [0.2, 0.25) is 0 Å². The molecule has 3 unspecified atom stereocenters. The topological polar surface area (TPSA) is 58.8 Å². The molecule has 0 bridgehead atoms. The number of carbonyl (C=O) groups excluding carboxylic acids is 1. The molecule has 114 valence electrons. The minimum absolute atomic E-state index is 0.194. The van der Waals surface area contributed by atoms with E-state index in [0.717, 1.165) is 65.2 Å². The molecule has 1 saturated carbocycles. The van der Waals surface area contributed by atoms with Gasteiger partial charge in [0.25, 0.3) is 0 Å². The van der Waals surface area contributed by atoms with Crippen molar-refractivity contribution in [3.8, 4) is 0 Å².